The van der Waals surface area contributed by atoms with Crippen LogP contribution in [0.1, 0.15) is 47.8 Å². The lowest BCUT2D eigenvalue weighted by Crippen LogP contribution is -2.15. The summed E-state index contributed by atoms with van der Waals surface area (Å²) in [5, 5.41) is 12.1. The van der Waals surface area contributed by atoms with Crippen molar-refractivity contribution in [3.8, 4) is 5.75 Å². The molecule has 0 atom stereocenters. The van der Waals surface area contributed by atoms with Gasteiger partial charge in [-0.2, -0.15) is 0 Å². The van der Waals surface area contributed by atoms with E-state index >= 15 is 0 Å². The molecule has 0 radical (unpaired) electrons. The number of nitrogens with one attached hydrogen (secondary N) is 1. The predicted molar refractivity (Wildman–Crippen MR) is 134 cm³/mol. The zero-order valence-corrected chi connectivity index (χ0v) is 21.7. The highest BCUT2D eigenvalue weighted by atomic mass is 79.9. The van der Waals surface area contributed by atoms with Gasteiger partial charge >= 0.3 is 0 Å². The summed E-state index contributed by atoms with van der Waals surface area (Å²) in [6.07, 6.45) is 0. The van der Waals surface area contributed by atoms with Crippen LogP contribution in [0.15, 0.2) is 40.0 Å². The number of halogens is 1. The second-order valence-corrected chi connectivity index (χ2v) is 9.92. The molecule has 1 amide bonds. The summed E-state index contributed by atoms with van der Waals surface area (Å²) in [4.78, 5) is 12.5. The van der Waals surface area contributed by atoms with E-state index < -0.39 is 0 Å². The number of hydrogen-bond acceptors (Lipinski definition) is 5. The molecule has 0 spiro atoms. The van der Waals surface area contributed by atoms with E-state index in [1.807, 2.05) is 37.6 Å². The zero-order chi connectivity index (χ0) is 23.4. The molecule has 0 fully saturated rings. The number of carbonyl (C=O) groups is 1. The van der Waals surface area contributed by atoms with E-state index in [0.717, 1.165) is 32.6 Å². The summed E-state index contributed by atoms with van der Waals surface area (Å²) < 4.78 is 8.99. The fourth-order valence-electron chi connectivity index (χ4n) is 3.22. The van der Waals surface area contributed by atoms with Gasteiger partial charge in [-0.25, -0.2) is 0 Å². The van der Waals surface area contributed by atoms with E-state index in [1.54, 1.807) is 0 Å². The summed E-state index contributed by atoms with van der Waals surface area (Å²) in [5.41, 5.74) is 5.31. The highest BCUT2D eigenvalue weighted by Gasteiger charge is 2.15. The summed E-state index contributed by atoms with van der Waals surface area (Å²) in [5.74, 6) is 2.12. The van der Waals surface area contributed by atoms with Crippen LogP contribution in [-0.2, 0) is 18.4 Å². The number of aryl methyl sites for hydroxylation is 1. The van der Waals surface area contributed by atoms with Gasteiger partial charge in [-0.15, -0.1) is 10.2 Å². The molecule has 0 bridgehead atoms. The van der Waals surface area contributed by atoms with Crippen molar-refractivity contribution in [1.82, 2.24) is 14.8 Å². The number of rotatable bonds is 8. The Morgan fingerprint density at radius 1 is 1.16 bits per heavy atom. The fraction of sp³-hybridized carbons (Fsp3) is 0.375. The molecular weight excluding hydrogens is 488 g/mol. The van der Waals surface area contributed by atoms with Gasteiger partial charge in [0.05, 0.1) is 5.75 Å². The third-order valence-electron chi connectivity index (χ3n) is 5.40. The maximum atomic E-state index is 12.5. The van der Waals surface area contributed by atoms with Crippen molar-refractivity contribution in [3.05, 3.63) is 62.9 Å². The molecule has 32 heavy (non-hydrogen) atoms. The normalized spacial score (nSPS) is 11.1. The molecule has 3 rings (SSSR count). The molecule has 2 aromatic carbocycles. The Morgan fingerprint density at radius 3 is 2.62 bits per heavy atom. The first-order valence-corrected chi connectivity index (χ1v) is 12.2. The Morgan fingerprint density at radius 2 is 1.91 bits per heavy atom. The minimum atomic E-state index is -0.0815. The molecule has 0 aliphatic heterocycles. The van der Waals surface area contributed by atoms with Crippen LogP contribution in [0, 0.1) is 20.8 Å². The molecule has 1 heterocycles. The number of thioether (sulfide) groups is 1. The number of hydrogen-bond donors (Lipinski definition) is 1. The van der Waals surface area contributed by atoms with Crippen LogP contribution in [0.5, 0.6) is 5.75 Å². The molecule has 1 aromatic heterocycles. The number of aromatic nitrogens is 3. The molecule has 1 N–H and O–H groups in total. The van der Waals surface area contributed by atoms with Crippen molar-refractivity contribution in [1.29, 1.82) is 0 Å². The Kier molecular flexibility index (Phi) is 8.00. The van der Waals surface area contributed by atoms with Gasteiger partial charge in [0.25, 0.3) is 0 Å². The lowest BCUT2D eigenvalue weighted by molar-refractivity contribution is -0.113. The van der Waals surface area contributed by atoms with Crippen LogP contribution >= 0.6 is 27.7 Å². The molecule has 6 nitrogen and oxygen atoms in total. The minimum Gasteiger partial charge on any atom is -0.485 e. The smallest absolute Gasteiger partial charge is 0.234 e. The number of benzene rings is 2. The third kappa shape index (κ3) is 5.72. The van der Waals surface area contributed by atoms with Crippen molar-refractivity contribution in [2.24, 2.45) is 7.05 Å². The van der Waals surface area contributed by atoms with Crippen LogP contribution in [0.2, 0.25) is 0 Å². The molecule has 0 aliphatic carbocycles. The molecule has 3 aromatic rings. The Labute approximate surface area is 202 Å². The average Bonchev–Trinajstić information content (AvgIpc) is 3.10. The number of nitrogens with zero attached hydrogens (tertiary/aromatic N) is 3. The van der Waals surface area contributed by atoms with Crippen LogP contribution in [0.25, 0.3) is 0 Å². The van der Waals surface area contributed by atoms with E-state index in [9.17, 15) is 4.79 Å². The van der Waals surface area contributed by atoms with Crippen molar-refractivity contribution in [3.63, 3.8) is 0 Å². The molecule has 0 aliphatic rings. The van der Waals surface area contributed by atoms with Gasteiger partial charge in [-0.05, 0) is 67.1 Å². The van der Waals surface area contributed by atoms with Crippen molar-refractivity contribution in [2.45, 2.75) is 52.3 Å². The first-order valence-electron chi connectivity index (χ1n) is 10.5. The lowest BCUT2D eigenvalue weighted by Gasteiger charge is -2.14. The van der Waals surface area contributed by atoms with Crippen molar-refractivity contribution >= 4 is 39.3 Å². The van der Waals surface area contributed by atoms with Gasteiger partial charge in [0, 0.05) is 17.2 Å². The highest BCUT2D eigenvalue weighted by molar-refractivity contribution is 9.10. The molecule has 0 saturated carbocycles. The number of amides is 1. The molecule has 0 saturated heterocycles. The van der Waals surface area contributed by atoms with Gasteiger partial charge in [0.1, 0.15) is 12.4 Å². The van der Waals surface area contributed by atoms with Crippen molar-refractivity contribution < 1.29 is 9.53 Å². The van der Waals surface area contributed by atoms with E-state index in [-0.39, 0.29) is 11.7 Å². The van der Waals surface area contributed by atoms with E-state index in [1.165, 1.54) is 17.3 Å². The summed E-state index contributed by atoms with van der Waals surface area (Å²) in [7, 11) is 1.89. The van der Waals surface area contributed by atoms with Gasteiger partial charge in [0.2, 0.25) is 5.91 Å². The van der Waals surface area contributed by atoms with Gasteiger partial charge in [-0.1, -0.05) is 53.7 Å². The van der Waals surface area contributed by atoms with E-state index in [4.69, 9.17) is 4.74 Å². The maximum absolute atomic E-state index is 12.5. The van der Waals surface area contributed by atoms with Gasteiger partial charge in [0.15, 0.2) is 11.0 Å². The first-order chi connectivity index (χ1) is 15.2. The minimum absolute atomic E-state index is 0.0815. The lowest BCUT2D eigenvalue weighted by atomic mass is 10.0. The van der Waals surface area contributed by atoms with Gasteiger partial charge < -0.3 is 14.6 Å². The predicted octanol–water partition coefficient (Wildman–Crippen LogP) is 5.94. The quantitative estimate of drug-likeness (QED) is 0.375. The number of carbonyl (C=O) groups excluding carboxylic acids is 1. The van der Waals surface area contributed by atoms with E-state index in [2.05, 4.69) is 70.4 Å². The summed E-state index contributed by atoms with van der Waals surface area (Å²) >= 11 is 4.87. The first kappa shape index (κ1) is 24.3. The van der Waals surface area contributed by atoms with Gasteiger partial charge in [-0.3, -0.25) is 4.79 Å². The molecule has 170 valence electrons. The van der Waals surface area contributed by atoms with Crippen molar-refractivity contribution in [2.75, 3.05) is 11.1 Å². The standard InChI is InChI=1S/C24H29BrN4O2S/c1-14(2)18-8-7-15(3)11-21(18)31-12-22-27-28-24(29(22)6)32-13-23(30)26-20-10-9-19(25)16(4)17(20)5/h7-11,14H,12-13H2,1-6H3,(H,26,30). The monoisotopic (exact) mass is 516 g/mol. The van der Waals surface area contributed by atoms with Crippen LogP contribution < -0.4 is 10.1 Å². The van der Waals surface area contributed by atoms with Crippen LogP contribution in [0.4, 0.5) is 5.69 Å². The maximum Gasteiger partial charge on any atom is 0.234 e. The van der Waals surface area contributed by atoms with Crippen LogP contribution in [-0.4, -0.2) is 26.4 Å². The van der Waals surface area contributed by atoms with Crippen LogP contribution in [0.3, 0.4) is 0 Å². The largest absolute Gasteiger partial charge is 0.485 e. The topological polar surface area (TPSA) is 69.0 Å². The zero-order valence-electron chi connectivity index (χ0n) is 19.3. The number of ether oxygens (including phenoxy) is 1. The summed E-state index contributed by atoms with van der Waals surface area (Å²) in [6.45, 7) is 10.7. The fourth-order valence-corrected chi connectivity index (χ4v) is 4.38. The molecular formula is C24H29BrN4O2S. The molecule has 8 heteroatoms. The Balaban J connectivity index is 1.60. The number of anilines is 1. The summed E-state index contributed by atoms with van der Waals surface area (Å²) in [6, 6.07) is 10.1. The second kappa shape index (κ2) is 10.5. The SMILES string of the molecule is Cc1ccc(C(C)C)c(OCc2nnc(SCC(=O)Nc3ccc(Br)c(C)c3C)n2C)c1. The average molecular weight is 517 g/mol. The highest BCUT2D eigenvalue weighted by Crippen LogP contribution is 2.29. The third-order valence-corrected chi connectivity index (χ3v) is 7.28. The Hall–Kier alpha value is -2.32. The molecule has 0 unspecified atom stereocenters. The Bertz CT molecular complexity index is 1130. The van der Waals surface area contributed by atoms with E-state index in [0.29, 0.717) is 23.5 Å². The second-order valence-electron chi connectivity index (χ2n) is 8.12.